The van der Waals surface area contributed by atoms with Crippen LogP contribution in [-0.4, -0.2) is 52.1 Å². The summed E-state index contributed by atoms with van der Waals surface area (Å²) in [6.07, 6.45) is 2.10. The second kappa shape index (κ2) is 6.32. The van der Waals surface area contributed by atoms with Crippen molar-refractivity contribution in [2.75, 3.05) is 26.2 Å². The van der Waals surface area contributed by atoms with Gasteiger partial charge < -0.3 is 9.32 Å². The number of hydrogen-bond donors (Lipinski definition) is 0. The molecule has 7 heteroatoms. The summed E-state index contributed by atoms with van der Waals surface area (Å²) in [5.74, 6) is 1.23. The second-order valence-electron chi connectivity index (χ2n) is 6.38. The van der Waals surface area contributed by atoms with Gasteiger partial charge in [-0.25, -0.2) is 4.39 Å². The van der Waals surface area contributed by atoms with Gasteiger partial charge in [0, 0.05) is 37.7 Å². The third kappa shape index (κ3) is 3.31. The van der Waals surface area contributed by atoms with Crippen molar-refractivity contribution in [3.63, 3.8) is 0 Å². The van der Waals surface area contributed by atoms with Crippen LogP contribution in [0.25, 0.3) is 11.5 Å². The smallest absolute Gasteiger partial charge is 0.247 e. The predicted octanol–water partition coefficient (Wildman–Crippen LogP) is 1.93. The maximum atomic E-state index is 13.0. The molecule has 24 heavy (non-hydrogen) atoms. The van der Waals surface area contributed by atoms with Gasteiger partial charge in [0.25, 0.3) is 0 Å². The van der Waals surface area contributed by atoms with Gasteiger partial charge in [0.1, 0.15) is 5.82 Å². The van der Waals surface area contributed by atoms with Crippen molar-refractivity contribution < 1.29 is 13.6 Å². The highest BCUT2D eigenvalue weighted by molar-refractivity contribution is 5.81. The number of amides is 1. The number of hydrogen-bond acceptors (Lipinski definition) is 5. The Kier molecular flexibility index (Phi) is 4.02. The maximum absolute atomic E-state index is 13.0. The van der Waals surface area contributed by atoms with E-state index in [1.807, 2.05) is 4.90 Å². The molecule has 0 unspecified atom stereocenters. The zero-order valence-corrected chi connectivity index (χ0v) is 13.3. The molecule has 0 atom stereocenters. The van der Waals surface area contributed by atoms with E-state index in [9.17, 15) is 9.18 Å². The first-order valence-electron chi connectivity index (χ1n) is 8.28. The van der Waals surface area contributed by atoms with Crippen molar-refractivity contribution in [3.05, 3.63) is 36.0 Å². The first kappa shape index (κ1) is 15.3. The molecule has 4 rings (SSSR count). The van der Waals surface area contributed by atoms with Gasteiger partial charge in [0.05, 0.1) is 6.54 Å². The van der Waals surface area contributed by atoms with E-state index in [0.717, 1.165) is 39.0 Å². The summed E-state index contributed by atoms with van der Waals surface area (Å²) in [6.45, 7) is 3.71. The number of piperazine rings is 1. The predicted molar refractivity (Wildman–Crippen MR) is 84.3 cm³/mol. The number of carbonyl (C=O) groups excluding carboxylic acids is 1. The Hall–Kier alpha value is -2.28. The third-order valence-corrected chi connectivity index (χ3v) is 4.53. The van der Waals surface area contributed by atoms with Gasteiger partial charge in [0.2, 0.25) is 17.7 Å². The first-order valence-corrected chi connectivity index (χ1v) is 8.28. The Morgan fingerprint density at radius 1 is 1.12 bits per heavy atom. The van der Waals surface area contributed by atoms with Gasteiger partial charge in [0.15, 0.2) is 0 Å². The molecule has 2 heterocycles. The van der Waals surface area contributed by atoms with Crippen LogP contribution < -0.4 is 0 Å². The minimum Gasteiger partial charge on any atom is -0.419 e. The number of rotatable bonds is 4. The van der Waals surface area contributed by atoms with E-state index in [1.54, 1.807) is 12.1 Å². The molecule has 2 aromatic rings. The summed E-state index contributed by atoms with van der Waals surface area (Å²) < 4.78 is 18.6. The normalized spacial score (nSPS) is 18.8. The molecular weight excluding hydrogens is 311 g/mol. The number of benzene rings is 1. The first-order chi connectivity index (χ1) is 11.7. The van der Waals surface area contributed by atoms with Gasteiger partial charge in [-0.2, -0.15) is 0 Å². The molecule has 0 bridgehead atoms. The molecule has 1 aliphatic carbocycles. The Morgan fingerprint density at radius 3 is 2.50 bits per heavy atom. The average molecular weight is 330 g/mol. The van der Waals surface area contributed by atoms with Crippen LogP contribution in [0.4, 0.5) is 4.39 Å². The summed E-state index contributed by atoms with van der Waals surface area (Å²) in [5.41, 5.74) is 0.704. The van der Waals surface area contributed by atoms with Crippen LogP contribution in [0, 0.1) is 11.7 Å². The molecule has 1 amide bonds. The van der Waals surface area contributed by atoms with E-state index in [-0.39, 0.29) is 11.7 Å². The highest BCUT2D eigenvalue weighted by Crippen LogP contribution is 2.31. The molecule has 0 radical (unpaired) electrons. The topological polar surface area (TPSA) is 62.5 Å². The molecule has 1 aliphatic heterocycles. The molecule has 0 spiro atoms. The van der Waals surface area contributed by atoms with Gasteiger partial charge in [-0.1, -0.05) is 0 Å². The van der Waals surface area contributed by atoms with Crippen molar-refractivity contribution in [3.8, 4) is 11.5 Å². The van der Waals surface area contributed by atoms with Gasteiger partial charge in [-0.05, 0) is 37.1 Å². The van der Waals surface area contributed by atoms with Crippen LogP contribution in [0.2, 0.25) is 0 Å². The minimum atomic E-state index is -0.294. The van der Waals surface area contributed by atoms with Crippen LogP contribution in [0.15, 0.2) is 28.7 Å². The molecular formula is C17H19FN4O2. The third-order valence-electron chi connectivity index (χ3n) is 4.53. The number of halogens is 1. The van der Waals surface area contributed by atoms with Crippen LogP contribution in [0.3, 0.4) is 0 Å². The quantitative estimate of drug-likeness (QED) is 0.857. The summed E-state index contributed by atoms with van der Waals surface area (Å²) in [6, 6.07) is 5.98. The van der Waals surface area contributed by atoms with E-state index in [2.05, 4.69) is 15.1 Å². The van der Waals surface area contributed by atoms with E-state index >= 15 is 0 Å². The minimum absolute atomic E-state index is 0.283. The maximum Gasteiger partial charge on any atom is 0.247 e. The van der Waals surface area contributed by atoms with E-state index < -0.39 is 0 Å². The van der Waals surface area contributed by atoms with Crippen LogP contribution in [0.1, 0.15) is 18.7 Å². The fraction of sp³-hybridized carbons (Fsp3) is 0.471. The lowest BCUT2D eigenvalue weighted by Gasteiger charge is -2.34. The van der Waals surface area contributed by atoms with E-state index in [4.69, 9.17) is 4.42 Å². The van der Waals surface area contributed by atoms with Crippen molar-refractivity contribution in [1.82, 2.24) is 20.0 Å². The Bertz CT molecular complexity index is 718. The van der Waals surface area contributed by atoms with Crippen molar-refractivity contribution in [2.24, 2.45) is 5.92 Å². The second-order valence-corrected chi connectivity index (χ2v) is 6.38. The SMILES string of the molecule is O=C(C1CC1)N1CCN(Cc2nnc(-c3ccc(F)cc3)o2)CC1. The summed E-state index contributed by atoms with van der Waals surface area (Å²) in [7, 11) is 0. The van der Waals surface area contributed by atoms with Gasteiger partial charge >= 0.3 is 0 Å². The van der Waals surface area contributed by atoms with Crippen molar-refractivity contribution in [2.45, 2.75) is 19.4 Å². The van der Waals surface area contributed by atoms with Gasteiger partial charge in [-0.15, -0.1) is 10.2 Å². The summed E-state index contributed by atoms with van der Waals surface area (Å²) in [4.78, 5) is 16.2. The molecule has 1 aromatic carbocycles. The number of carbonyl (C=O) groups is 1. The molecule has 0 N–H and O–H groups in total. The lowest BCUT2D eigenvalue weighted by molar-refractivity contribution is -0.134. The highest BCUT2D eigenvalue weighted by Gasteiger charge is 2.34. The van der Waals surface area contributed by atoms with Crippen molar-refractivity contribution in [1.29, 1.82) is 0 Å². The monoisotopic (exact) mass is 330 g/mol. The van der Waals surface area contributed by atoms with Crippen LogP contribution in [-0.2, 0) is 11.3 Å². The Labute approximate surface area is 139 Å². The van der Waals surface area contributed by atoms with E-state index in [0.29, 0.717) is 29.8 Å². The molecule has 1 saturated carbocycles. The lowest BCUT2D eigenvalue weighted by Crippen LogP contribution is -2.48. The molecule has 2 aliphatic rings. The molecule has 2 fully saturated rings. The fourth-order valence-corrected chi connectivity index (χ4v) is 2.93. The van der Waals surface area contributed by atoms with E-state index in [1.165, 1.54) is 12.1 Å². The fourth-order valence-electron chi connectivity index (χ4n) is 2.93. The molecule has 1 aromatic heterocycles. The molecule has 126 valence electrons. The number of aromatic nitrogens is 2. The molecule has 1 saturated heterocycles. The summed E-state index contributed by atoms with van der Waals surface area (Å²) >= 11 is 0. The van der Waals surface area contributed by atoms with Crippen LogP contribution in [0.5, 0.6) is 0 Å². The zero-order chi connectivity index (χ0) is 16.5. The summed E-state index contributed by atoms with van der Waals surface area (Å²) in [5, 5.41) is 8.09. The van der Waals surface area contributed by atoms with Crippen LogP contribution >= 0.6 is 0 Å². The molecule has 6 nitrogen and oxygen atoms in total. The Morgan fingerprint density at radius 2 is 1.83 bits per heavy atom. The standard InChI is InChI=1S/C17H19FN4O2/c18-14-5-3-12(4-6-14)16-20-19-15(24-16)11-21-7-9-22(10-8-21)17(23)13-1-2-13/h3-6,13H,1-2,7-11H2. The zero-order valence-electron chi connectivity index (χ0n) is 13.3. The largest absolute Gasteiger partial charge is 0.419 e. The average Bonchev–Trinajstić information content (AvgIpc) is 3.35. The Balaban J connectivity index is 1.33. The van der Waals surface area contributed by atoms with Gasteiger partial charge in [-0.3, -0.25) is 9.69 Å². The lowest BCUT2D eigenvalue weighted by atomic mass is 10.2. The van der Waals surface area contributed by atoms with Crippen molar-refractivity contribution >= 4 is 5.91 Å². The number of nitrogens with zero attached hydrogens (tertiary/aromatic N) is 4. The highest BCUT2D eigenvalue weighted by atomic mass is 19.1.